The number of carbonyl (C=O) groups is 1. The molecule has 0 fully saturated rings. The fourth-order valence-electron chi connectivity index (χ4n) is 2.40. The van der Waals surface area contributed by atoms with Gasteiger partial charge in [0.25, 0.3) is 0 Å². The molecule has 1 aromatic carbocycles. The minimum Gasteiger partial charge on any atom is -0.497 e. The van der Waals surface area contributed by atoms with Crippen molar-refractivity contribution in [2.45, 2.75) is 13.0 Å². The first-order valence-electron chi connectivity index (χ1n) is 8.24. The van der Waals surface area contributed by atoms with E-state index < -0.39 is 0 Å². The second-order valence-electron chi connectivity index (χ2n) is 5.71. The Labute approximate surface area is 152 Å². The molecule has 0 aliphatic heterocycles. The van der Waals surface area contributed by atoms with Crippen molar-refractivity contribution in [3.8, 4) is 5.75 Å². The minimum atomic E-state index is -0.0885. The van der Waals surface area contributed by atoms with Crippen molar-refractivity contribution in [2.24, 2.45) is 0 Å². The second kappa shape index (κ2) is 8.62. The van der Waals surface area contributed by atoms with Gasteiger partial charge in [-0.05, 0) is 47.5 Å². The van der Waals surface area contributed by atoms with Crippen LogP contribution in [0.4, 0.5) is 11.5 Å². The van der Waals surface area contributed by atoms with E-state index in [-0.39, 0.29) is 5.91 Å². The topological polar surface area (TPSA) is 76.1 Å². The van der Waals surface area contributed by atoms with Gasteiger partial charge in [0.05, 0.1) is 25.4 Å². The first kappa shape index (κ1) is 17.4. The number of hydrogen-bond acceptors (Lipinski definition) is 5. The summed E-state index contributed by atoms with van der Waals surface area (Å²) in [6.45, 7) is 0.665. The molecule has 0 saturated carbocycles. The molecule has 3 aromatic rings. The molecule has 0 unspecified atom stereocenters. The third-order valence-electron chi connectivity index (χ3n) is 3.79. The number of nitrogens with zero attached hydrogens (tertiary/aromatic N) is 2. The van der Waals surface area contributed by atoms with Crippen LogP contribution in [0.2, 0.25) is 0 Å². The molecule has 1 amide bonds. The van der Waals surface area contributed by atoms with Gasteiger partial charge in [0.2, 0.25) is 5.91 Å². The van der Waals surface area contributed by atoms with E-state index in [2.05, 4.69) is 20.6 Å². The Morgan fingerprint density at radius 3 is 2.42 bits per heavy atom. The molecule has 2 aromatic heterocycles. The summed E-state index contributed by atoms with van der Waals surface area (Å²) < 4.78 is 5.11. The largest absolute Gasteiger partial charge is 0.497 e. The van der Waals surface area contributed by atoms with Crippen molar-refractivity contribution in [2.75, 3.05) is 17.7 Å². The highest BCUT2D eigenvalue weighted by Crippen LogP contribution is 2.14. The lowest BCUT2D eigenvalue weighted by molar-refractivity contribution is -0.115. The Bertz CT molecular complexity index is 834. The Hall–Kier alpha value is -3.41. The summed E-state index contributed by atoms with van der Waals surface area (Å²) in [6, 6.07) is 15.0. The molecule has 0 bridgehead atoms. The normalized spacial score (nSPS) is 10.2. The zero-order chi connectivity index (χ0) is 18.2. The average molecular weight is 348 g/mol. The van der Waals surface area contributed by atoms with Crippen molar-refractivity contribution >= 4 is 17.4 Å². The number of methoxy groups -OCH3 is 1. The number of anilines is 2. The Morgan fingerprint density at radius 1 is 1.00 bits per heavy atom. The lowest BCUT2D eigenvalue weighted by atomic mass is 10.1. The van der Waals surface area contributed by atoms with Crippen LogP contribution in [0.3, 0.4) is 0 Å². The van der Waals surface area contributed by atoms with Gasteiger partial charge in [-0.3, -0.25) is 9.78 Å². The van der Waals surface area contributed by atoms with Gasteiger partial charge in [0.1, 0.15) is 11.6 Å². The molecule has 2 heterocycles. The number of rotatable bonds is 7. The van der Waals surface area contributed by atoms with Crippen LogP contribution in [-0.4, -0.2) is 23.0 Å². The molecule has 0 aliphatic carbocycles. The monoisotopic (exact) mass is 348 g/mol. The smallest absolute Gasteiger partial charge is 0.228 e. The fraction of sp³-hybridized carbons (Fsp3) is 0.150. The third-order valence-corrected chi connectivity index (χ3v) is 3.79. The number of aromatic nitrogens is 2. The van der Waals surface area contributed by atoms with E-state index in [1.54, 1.807) is 25.7 Å². The summed E-state index contributed by atoms with van der Waals surface area (Å²) in [6.07, 6.45) is 5.45. The summed E-state index contributed by atoms with van der Waals surface area (Å²) in [4.78, 5) is 20.4. The average Bonchev–Trinajstić information content (AvgIpc) is 2.69. The molecule has 26 heavy (non-hydrogen) atoms. The Kier molecular flexibility index (Phi) is 5.77. The standard InChI is InChI=1S/C20H20N4O2/c1-26-18-5-2-15(3-6-18)12-20(25)24-17-4-7-19(23-14-17)22-13-16-8-10-21-11-9-16/h2-11,14H,12-13H2,1H3,(H,22,23)(H,24,25). The summed E-state index contributed by atoms with van der Waals surface area (Å²) in [5, 5.41) is 6.08. The van der Waals surface area contributed by atoms with Crippen LogP contribution >= 0.6 is 0 Å². The van der Waals surface area contributed by atoms with Crippen LogP contribution in [-0.2, 0) is 17.8 Å². The highest BCUT2D eigenvalue weighted by Gasteiger charge is 2.05. The molecule has 0 saturated heterocycles. The van der Waals surface area contributed by atoms with E-state index >= 15 is 0 Å². The zero-order valence-corrected chi connectivity index (χ0v) is 14.5. The van der Waals surface area contributed by atoms with Crippen molar-refractivity contribution in [1.82, 2.24) is 9.97 Å². The Balaban J connectivity index is 1.50. The highest BCUT2D eigenvalue weighted by atomic mass is 16.5. The Morgan fingerprint density at radius 2 is 1.77 bits per heavy atom. The van der Waals surface area contributed by atoms with Gasteiger partial charge >= 0.3 is 0 Å². The second-order valence-corrected chi connectivity index (χ2v) is 5.71. The SMILES string of the molecule is COc1ccc(CC(=O)Nc2ccc(NCc3ccncc3)nc2)cc1. The maximum absolute atomic E-state index is 12.1. The molecule has 2 N–H and O–H groups in total. The van der Waals surface area contributed by atoms with Crippen LogP contribution in [0.1, 0.15) is 11.1 Å². The van der Waals surface area contributed by atoms with Crippen LogP contribution in [0.25, 0.3) is 0 Å². The molecule has 0 spiro atoms. The number of amides is 1. The fourth-order valence-corrected chi connectivity index (χ4v) is 2.40. The van der Waals surface area contributed by atoms with Gasteiger partial charge in [-0.25, -0.2) is 4.98 Å². The van der Waals surface area contributed by atoms with Crippen molar-refractivity contribution in [3.05, 3.63) is 78.2 Å². The number of benzene rings is 1. The first-order valence-corrected chi connectivity index (χ1v) is 8.24. The third kappa shape index (κ3) is 5.04. The van der Waals surface area contributed by atoms with E-state index in [0.29, 0.717) is 18.7 Å². The molecule has 0 atom stereocenters. The zero-order valence-electron chi connectivity index (χ0n) is 14.5. The predicted molar refractivity (Wildman–Crippen MR) is 101 cm³/mol. The quantitative estimate of drug-likeness (QED) is 0.685. The van der Waals surface area contributed by atoms with Crippen molar-refractivity contribution in [3.63, 3.8) is 0 Å². The number of pyridine rings is 2. The molecule has 0 aliphatic rings. The number of carbonyl (C=O) groups excluding carboxylic acids is 1. The number of hydrogen-bond donors (Lipinski definition) is 2. The molecular formula is C20H20N4O2. The van der Waals surface area contributed by atoms with E-state index in [1.165, 1.54) is 0 Å². The van der Waals surface area contributed by atoms with E-state index in [4.69, 9.17) is 4.74 Å². The van der Waals surface area contributed by atoms with Gasteiger partial charge in [-0.15, -0.1) is 0 Å². The molecule has 3 rings (SSSR count). The van der Waals surface area contributed by atoms with E-state index in [1.807, 2.05) is 48.5 Å². The van der Waals surface area contributed by atoms with Gasteiger partial charge < -0.3 is 15.4 Å². The first-order chi connectivity index (χ1) is 12.7. The van der Waals surface area contributed by atoms with E-state index in [0.717, 1.165) is 22.7 Å². The highest BCUT2D eigenvalue weighted by molar-refractivity contribution is 5.92. The molecule has 6 heteroatoms. The number of ether oxygens (including phenoxy) is 1. The molecule has 132 valence electrons. The minimum absolute atomic E-state index is 0.0885. The van der Waals surface area contributed by atoms with Crippen LogP contribution in [0.5, 0.6) is 5.75 Å². The summed E-state index contributed by atoms with van der Waals surface area (Å²) >= 11 is 0. The molecular weight excluding hydrogens is 328 g/mol. The lowest BCUT2D eigenvalue weighted by Crippen LogP contribution is -2.14. The maximum Gasteiger partial charge on any atom is 0.228 e. The van der Waals surface area contributed by atoms with Gasteiger partial charge in [-0.2, -0.15) is 0 Å². The number of nitrogens with one attached hydrogen (secondary N) is 2. The van der Waals surface area contributed by atoms with Crippen LogP contribution in [0, 0.1) is 0 Å². The molecule has 6 nitrogen and oxygen atoms in total. The van der Waals surface area contributed by atoms with Crippen LogP contribution < -0.4 is 15.4 Å². The predicted octanol–water partition coefficient (Wildman–Crippen LogP) is 3.28. The maximum atomic E-state index is 12.1. The lowest BCUT2D eigenvalue weighted by Gasteiger charge is -2.08. The summed E-state index contributed by atoms with van der Waals surface area (Å²) in [5.74, 6) is 1.43. The van der Waals surface area contributed by atoms with Crippen molar-refractivity contribution < 1.29 is 9.53 Å². The summed E-state index contributed by atoms with van der Waals surface area (Å²) in [5.41, 5.74) is 2.71. The van der Waals surface area contributed by atoms with Crippen LogP contribution in [0.15, 0.2) is 67.1 Å². The van der Waals surface area contributed by atoms with Crippen molar-refractivity contribution in [1.29, 1.82) is 0 Å². The van der Waals surface area contributed by atoms with E-state index in [9.17, 15) is 4.79 Å². The van der Waals surface area contributed by atoms with Gasteiger partial charge in [0, 0.05) is 18.9 Å². The van der Waals surface area contributed by atoms with Gasteiger partial charge in [0.15, 0.2) is 0 Å². The molecule has 0 radical (unpaired) electrons. The summed E-state index contributed by atoms with van der Waals surface area (Å²) in [7, 11) is 1.62. The van der Waals surface area contributed by atoms with Gasteiger partial charge in [-0.1, -0.05) is 12.1 Å².